The molecule has 0 amide bonds. The Bertz CT molecular complexity index is 2210. The van der Waals surface area contributed by atoms with Gasteiger partial charge in [0.1, 0.15) is 11.3 Å². The molecule has 2 aromatic carbocycles. The number of para-hydroxylation sites is 2. The van der Waals surface area contributed by atoms with Gasteiger partial charge in [-0.1, -0.05) is 36.4 Å². The number of hydrogen-bond donors (Lipinski definition) is 1. The summed E-state index contributed by atoms with van der Waals surface area (Å²) in [5, 5.41) is 2.31. The molecule has 0 saturated heterocycles. The summed E-state index contributed by atoms with van der Waals surface area (Å²) in [6, 6.07) is 18.3. The third-order valence-corrected chi connectivity index (χ3v) is 9.92. The topological polar surface area (TPSA) is 147 Å². The summed E-state index contributed by atoms with van der Waals surface area (Å²) in [6.45, 7) is 0.479. The summed E-state index contributed by atoms with van der Waals surface area (Å²) in [5.41, 5.74) is 4.43. The average Bonchev–Trinajstić information content (AvgIpc) is 3.66. The van der Waals surface area contributed by atoms with E-state index in [0.717, 1.165) is 33.8 Å². The van der Waals surface area contributed by atoms with Crippen LogP contribution in [0.2, 0.25) is 10.6 Å². The highest BCUT2D eigenvalue weighted by Gasteiger charge is 2.17. The number of hydrogen-bond acceptors (Lipinski definition) is 8. The maximum atomic E-state index is 11.8. The fourth-order valence-electron chi connectivity index (χ4n) is 4.32. The van der Waals surface area contributed by atoms with Gasteiger partial charge in [-0.15, -0.1) is 11.6 Å². The molecular formula is C30H31Cl3N8O4S2. The van der Waals surface area contributed by atoms with Gasteiger partial charge in [-0.05, 0) is 58.6 Å². The molecule has 0 aliphatic heterocycles. The highest BCUT2D eigenvalue weighted by atomic mass is 35.5. The van der Waals surface area contributed by atoms with Crippen molar-refractivity contribution in [1.29, 1.82) is 0 Å². The van der Waals surface area contributed by atoms with E-state index in [1.54, 1.807) is 43.8 Å². The molecule has 0 spiro atoms. The van der Waals surface area contributed by atoms with E-state index in [0.29, 0.717) is 29.4 Å². The van der Waals surface area contributed by atoms with E-state index in [4.69, 9.17) is 34.8 Å². The number of nitrogens with one attached hydrogen (secondary N) is 1. The van der Waals surface area contributed by atoms with Crippen molar-refractivity contribution >= 4 is 88.3 Å². The van der Waals surface area contributed by atoms with Crippen LogP contribution in [-0.2, 0) is 32.5 Å². The number of anilines is 2. The molecule has 248 valence electrons. The van der Waals surface area contributed by atoms with Gasteiger partial charge in [0, 0.05) is 55.5 Å². The fourth-order valence-corrected chi connectivity index (χ4v) is 5.88. The lowest BCUT2D eigenvalue weighted by molar-refractivity contribution is 0.598. The molecule has 17 heteroatoms. The van der Waals surface area contributed by atoms with Crippen LogP contribution in [0.25, 0.3) is 22.1 Å². The highest BCUT2D eigenvalue weighted by molar-refractivity contribution is 7.92. The van der Waals surface area contributed by atoms with Crippen LogP contribution in [0.15, 0.2) is 85.5 Å². The van der Waals surface area contributed by atoms with Crippen LogP contribution >= 0.6 is 34.8 Å². The second-order valence-corrected chi connectivity index (χ2v) is 15.1. The van der Waals surface area contributed by atoms with Gasteiger partial charge < -0.3 is 9.55 Å². The average molecular weight is 738 g/mol. The Morgan fingerprint density at radius 3 is 1.87 bits per heavy atom. The lowest BCUT2D eigenvalue weighted by atomic mass is 10.2. The molecule has 4 heterocycles. The maximum absolute atomic E-state index is 11.8. The predicted molar refractivity (Wildman–Crippen MR) is 189 cm³/mol. The van der Waals surface area contributed by atoms with Crippen molar-refractivity contribution in [3.8, 4) is 0 Å². The largest absolute Gasteiger partial charge is 0.346 e. The zero-order valence-corrected chi connectivity index (χ0v) is 29.6. The van der Waals surface area contributed by atoms with Crippen molar-refractivity contribution < 1.29 is 16.8 Å². The Balaban J connectivity index is 0.000000176. The maximum Gasteiger partial charge on any atom is 0.232 e. The van der Waals surface area contributed by atoms with Crippen LogP contribution in [0.1, 0.15) is 11.1 Å². The van der Waals surface area contributed by atoms with E-state index in [1.165, 1.54) is 21.9 Å². The third-order valence-electron chi connectivity index (χ3n) is 6.88. The summed E-state index contributed by atoms with van der Waals surface area (Å²) in [6.07, 6.45) is 9.37. The minimum absolute atomic E-state index is 0.180. The van der Waals surface area contributed by atoms with Gasteiger partial charge >= 0.3 is 0 Å². The smallest absolute Gasteiger partial charge is 0.232 e. The molecule has 0 atom stereocenters. The van der Waals surface area contributed by atoms with Crippen LogP contribution in [0.3, 0.4) is 0 Å². The van der Waals surface area contributed by atoms with Crippen molar-refractivity contribution in [2.45, 2.75) is 12.4 Å². The van der Waals surface area contributed by atoms with Crippen LogP contribution in [0.5, 0.6) is 0 Å². The van der Waals surface area contributed by atoms with Crippen molar-refractivity contribution in [1.82, 2.24) is 29.5 Å². The summed E-state index contributed by atoms with van der Waals surface area (Å²) in [5.74, 6) is 0.302. The SMILES string of the molecule is CN(c1ccccc1CCl)S(C)(=O)=O.CN(c1ccccc1Cn1ccc2cnc(Cl)nc21)S(C)(=O)=O.Clc1ncc2cc[nH]c2n1. The number of benzene rings is 2. The third kappa shape index (κ3) is 9.32. The second kappa shape index (κ2) is 15.3. The number of nitrogens with zero attached hydrogens (tertiary/aromatic N) is 7. The molecule has 1 N–H and O–H groups in total. The van der Waals surface area contributed by atoms with E-state index >= 15 is 0 Å². The van der Waals surface area contributed by atoms with Crippen LogP contribution in [-0.4, -0.2) is 72.9 Å². The quantitative estimate of drug-likeness (QED) is 0.156. The number of fused-ring (bicyclic) bond motifs is 2. The molecule has 0 aliphatic rings. The van der Waals surface area contributed by atoms with Gasteiger partial charge in [0.15, 0.2) is 0 Å². The molecule has 12 nitrogen and oxygen atoms in total. The first kappa shape index (κ1) is 35.9. The molecule has 6 aromatic rings. The van der Waals surface area contributed by atoms with Crippen molar-refractivity contribution in [2.24, 2.45) is 0 Å². The molecule has 47 heavy (non-hydrogen) atoms. The number of sulfonamides is 2. The molecule has 0 radical (unpaired) electrons. The molecule has 0 saturated carbocycles. The fraction of sp³-hybridized carbons (Fsp3) is 0.200. The highest BCUT2D eigenvalue weighted by Crippen LogP contribution is 2.25. The summed E-state index contributed by atoms with van der Waals surface area (Å²) in [4.78, 5) is 18.9. The van der Waals surface area contributed by atoms with E-state index in [2.05, 4.69) is 24.9 Å². The zero-order valence-electron chi connectivity index (χ0n) is 25.7. The Hall–Kier alpha value is -3.95. The van der Waals surface area contributed by atoms with Gasteiger partial charge in [0.05, 0.1) is 30.4 Å². The van der Waals surface area contributed by atoms with E-state index < -0.39 is 20.0 Å². The number of alkyl halides is 1. The van der Waals surface area contributed by atoms with Crippen molar-refractivity contribution in [3.63, 3.8) is 0 Å². The molecular weight excluding hydrogens is 707 g/mol. The molecule has 4 aromatic heterocycles. The Labute approximate surface area is 288 Å². The number of aromatic amines is 1. The van der Waals surface area contributed by atoms with Gasteiger partial charge in [-0.25, -0.2) is 26.8 Å². The van der Waals surface area contributed by atoms with Crippen molar-refractivity contribution in [3.05, 3.63) is 107 Å². The molecule has 6 rings (SSSR count). The van der Waals surface area contributed by atoms with Crippen LogP contribution in [0, 0.1) is 0 Å². The minimum Gasteiger partial charge on any atom is -0.346 e. The lowest BCUT2D eigenvalue weighted by Gasteiger charge is -2.20. The van der Waals surface area contributed by atoms with E-state index in [1.807, 2.05) is 53.2 Å². The number of halogens is 3. The number of aromatic nitrogens is 6. The zero-order chi connectivity index (χ0) is 34.4. The first-order chi connectivity index (χ1) is 22.2. The normalized spacial score (nSPS) is 11.4. The summed E-state index contributed by atoms with van der Waals surface area (Å²) in [7, 11) is -3.49. The monoisotopic (exact) mass is 736 g/mol. The molecule has 0 bridgehead atoms. The molecule has 0 unspecified atom stereocenters. The Morgan fingerprint density at radius 1 is 0.745 bits per heavy atom. The predicted octanol–water partition coefficient (Wildman–Crippen LogP) is 5.96. The standard InChI is InChI=1S/C15H15ClN4O2S.C9H12ClNO2S.C6H4ClN3/c1-19(23(2,21)22)13-6-4-3-5-12(13)10-20-8-7-11-9-17-15(16)18-14(11)20;1-11(14(2,12)13)9-6-4-3-5-8(9)7-10;7-6-9-3-4-1-2-8-5(4)10-6/h3-9H,10H2,1-2H3;3-6H,7H2,1-2H3;1-3H,(H,8,9,10). The van der Waals surface area contributed by atoms with Gasteiger partial charge in [-0.2, -0.15) is 9.97 Å². The Morgan fingerprint density at radius 2 is 1.28 bits per heavy atom. The van der Waals surface area contributed by atoms with Crippen molar-refractivity contribution in [2.75, 3.05) is 35.2 Å². The second-order valence-electron chi connectivity index (χ2n) is 10.1. The minimum atomic E-state index is -3.33. The first-order valence-electron chi connectivity index (χ1n) is 13.7. The molecule has 0 fully saturated rings. The molecule has 0 aliphatic carbocycles. The van der Waals surface area contributed by atoms with Crippen LogP contribution in [0.4, 0.5) is 11.4 Å². The lowest BCUT2D eigenvalue weighted by Crippen LogP contribution is -2.26. The van der Waals surface area contributed by atoms with Crippen LogP contribution < -0.4 is 8.61 Å². The van der Waals surface area contributed by atoms with E-state index in [-0.39, 0.29) is 10.6 Å². The number of H-pyrrole nitrogens is 1. The summed E-state index contributed by atoms with van der Waals surface area (Å²) < 4.78 is 50.6. The first-order valence-corrected chi connectivity index (χ1v) is 18.7. The van der Waals surface area contributed by atoms with Gasteiger partial charge in [0.2, 0.25) is 30.6 Å². The van der Waals surface area contributed by atoms with Gasteiger partial charge in [0.25, 0.3) is 0 Å². The number of rotatable bonds is 7. The summed E-state index contributed by atoms with van der Waals surface area (Å²) >= 11 is 17.1. The van der Waals surface area contributed by atoms with E-state index in [9.17, 15) is 16.8 Å². The Kier molecular flexibility index (Phi) is 11.7. The van der Waals surface area contributed by atoms with Gasteiger partial charge in [-0.3, -0.25) is 8.61 Å².